The Balaban J connectivity index is 1.88. The van der Waals surface area contributed by atoms with E-state index in [4.69, 9.17) is 4.42 Å². The number of carbonyl (C=O) groups excluding carboxylic acids is 1. The Morgan fingerprint density at radius 3 is 3.05 bits per heavy atom. The molecule has 1 fully saturated rings. The normalized spacial score (nSPS) is 19.3. The summed E-state index contributed by atoms with van der Waals surface area (Å²) in [6.07, 6.45) is 5.00. The van der Waals surface area contributed by atoms with Gasteiger partial charge in [-0.1, -0.05) is 0 Å². The third-order valence-corrected chi connectivity index (χ3v) is 4.78. The van der Waals surface area contributed by atoms with Gasteiger partial charge in [0.2, 0.25) is 0 Å². The first kappa shape index (κ1) is 13.4. The van der Waals surface area contributed by atoms with Gasteiger partial charge >= 0.3 is 0 Å². The molecule has 2 aromatic rings. The van der Waals surface area contributed by atoms with Gasteiger partial charge in [0.1, 0.15) is 5.69 Å². The van der Waals surface area contributed by atoms with Crippen LogP contribution < -0.4 is 0 Å². The van der Waals surface area contributed by atoms with Gasteiger partial charge in [-0.2, -0.15) is 0 Å². The number of hydrogen-bond donors (Lipinski definition) is 0. The van der Waals surface area contributed by atoms with Crippen molar-refractivity contribution < 1.29 is 9.21 Å². The first-order valence-corrected chi connectivity index (χ1v) is 7.80. The minimum atomic E-state index is 0.0590. The van der Waals surface area contributed by atoms with Gasteiger partial charge in [-0.3, -0.25) is 4.79 Å². The first-order valence-electron chi connectivity index (χ1n) is 6.99. The van der Waals surface area contributed by atoms with E-state index >= 15 is 0 Å². The molecule has 1 atom stereocenters. The number of piperidine rings is 1. The van der Waals surface area contributed by atoms with Crippen molar-refractivity contribution in [2.24, 2.45) is 0 Å². The van der Waals surface area contributed by atoms with Crippen molar-refractivity contribution >= 4 is 17.2 Å². The Kier molecular flexibility index (Phi) is 3.61. The summed E-state index contributed by atoms with van der Waals surface area (Å²) in [6.45, 7) is 4.91. The van der Waals surface area contributed by atoms with Crippen LogP contribution in [0.5, 0.6) is 0 Å². The molecule has 0 radical (unpaired) electrons. The number of aromatic nitrogens is 1. The minimum absolute atomic E-state index is 0.0590. The van der Waals surface area contributed by atoms with Crippen molar-refractivity contribution in [1.29, 1.82) is 0 Å². The Morgan fingerprint density at radius 2 is 2.35 bits per heavy atom. The highest BCUT2D eigenvalue weighted by atomic mass is 32.1. The third-order valence-electron chi connectivity index (χ3n) is 3.79. The summed E-state index contributed by atoms with van der Waals surface area (Å²) in [7, 11) is 0. The van der Waals surface area contributed by atoms with Gasteiger partial charge in [-0.25, -0.2) is 4.98 Å². The zero-order valence-corrected chi connectivity index (χ0v) is 12.6. The monoisotopic (exact) mass is 290 g/mol. The summed E-state index contributed by atoms with van der Waals surface area (Å²) >= 11 is 1.51. The average molecular weight is 290 g/mol. The third kappa shape index (κ3) is 2.38. The highest BCUT2D eigenvalue weighted by Crippen LogP contribution is 2.29. The van der Waals surface area contributed by atoms with E-state index in [0.717, 1.165) is 35.0 Å². The lowest BCUT2D eigenvalue weighted by molar-refractivity contribution is 0.0629. The molecule has 1 saturated heterocycles. The number of amides is 1. The summed E-state index contributed by atoms with van der Waals surface area (Å²) in [6, 6.07) is 4.01. The second-order valence-electron chi connectivity index (χ2n) is 5.24. The predicted molar refractivity (Wildman–Crippen MR) is 78.9 cm³/mol. The number of rotatable bonds is 2. The Bertz CT molecular complexity index is 603. The van der Waals surface area contributed by atoms with Crippen molar-refractivity contribution in [3.8, 4) is 10.8 Å². The fourth-order valence-electron chi connectivity index (χ4n) is 2.64. The number of furan rings is 1. The van der Waals surface area contributed by atoms with Gasteiger partial charge in [0.05, 0.1) is 6.26 Å². The summed E-state index contributed by atoms with van der Waals surface area (Å²) in [4.78, 5) is 20.1. The lowest BCUT2D eigenvalue weighted by Crippen LogP contribution is -2.42. The predicted octanol–water partition coefficient (Wildman–Crippen LogP) is 3.73. The zero-order chi connectivity index (χ0) is 14.1. The molecule has 5 heteroatoms. The summed E-state index contributed by atoms with van der Waals surface area (Å²) in [5, 5.41) is 0.778. The molecular weight excluding hydrogens is 272 g/mol. The van der Waals surface area contributed by atoms with Gasteiger partial charge in [0, 0.05) is 17.5 Å². The topological polar surface area (TPSA) is 46.3 Å². The molecule has 1 amide bonds. The van der Waals surface area contributed by atoms with E-state index in [9.17, 15) is 4.79 Å². The molecule has 4 nitrogen and oxygen atoms in total. The van der Waals surface area contributed by atoms with Crippen LogP contribution in [0.4, 0.5) is 0 Å². The van der Waals surface area contributed by atoms with Crippen molar-refractivity contribution in [3.63, 3.8) is 0 Å². The lowest BCUT2D eigenvalue weighted by Gasteiger charge is -2.33. The van der Waals surface area contributed by atoms with Gasteiger partial charge < -0.3 is 9.32 Å². The molecule has 0 spiro atoms. The maximum Gasteiger partial charge on any atom is 0.273 e. The van der Waals surface area contributed by atoms with Gasteiger partial charge in [-0.05, 0) is 45.2 Å². The van der Waals surface area contributed by atoms with E-state index in [1.165, 1.54) is 17.8 Å². The molecule has 20 heavy (non-hydrogen) atoms. The number of thiazole rings is 1. The maximum atomic E-state index is 12.7. The van der Waals surface area contributed by atoms with E-state index in [1.54, 1.807) is 6.26 Å². The molecule has 0 aromatic carbocycles. The highest BCUT2D eigenvalue weighted by molar-refractivity contribution is 7.15. The fraction of sp³-hybridized carbons (Fsp3) is 0.467. The molecule has 106 valence electrons. The molecule has 0 bridgehead atoms. The van der Waals surface area contributed by atoms with Crippen LogP contribution in [0.2, 0.25) is 0 Å². The minimum Gasteiger partial charge on any atom is -0.462 e. The molecule has 3 rings (SSSR count). The van der Waals surface area contributed by atoms with Crippen LogP contribution in [-0.2, 0) is 0 Å². The molecule has 3 heterocycles. The van der Waals surface area contributed by atoms with E-state index in [-0.39, 0.29) is 5.91 Å². The Morgan fingerprint density at radius 1 is 1.50 bits per heavy atom. The number of likely N-dealkylation sites (tertiary alicyclic amines) is 1. The van der Waals surface area contributed by atoms with E-state index in [0.29, 0.717) is 11.7 Å². The van der Waals surface area contributed by atoms with Crippen LogP contribution in [0.1, 0.15) is 41.6 Å². The van der Waals surface area contributed by atoms with E-state index < -0.39 is 0 Å². The van der Waals surface area contributed by atoms with Crippen LogP contribution in [0, 0.1) is 6.92 Å². The summed E-state index contributed by atoms with van der Waals surface area (Å²) in [5.41, 5.74) is 0.579. The van der Waals surface area contributed by atoms with Crippen molar-refractivity contribution in [1.82, 2.24) is 9.88 Å². The van der Waals surface area contributed by atoms with Crippen LogP contribution in [0.3, 0.4) is 0 Å². The molecule has 0 saturated carbocycles. The van der Waals surface area contributed by atoms with Gasteiger partial charge in [0.15, 0.2) is 10.8 Å². The van der Waals surface area contributed by atoms with Crippen molar-refractivity contribution in [3.05, 3.63) is 29.0 Å². The molecule has 1 aliphatic rings. The average Bonchev–Trinajstić information content (AvgIpc) is 3.07. The Hall–Kier alpha value is -1.62. The smallest absolute Gasteiger partial charge is 0.273 e. The molecule has 0 aliphatic carbocycles. The SMILES string of the molecule is Cc1sc(-c2ccco2)nc1C(=O)N1CCCC[C@@H]1C. The molecule has 0 N–H and O–H groups in total. The molecular formula is C15H18N2O2S. The quantitative estimate of drug-likeness (QED) is 0.846. The number of nitrogens with zero attached hydrogens (tertiary/aromatic N) is 2. The number of aryl methyl sites for hydroxylation is 1. The summed E-state index contributed by atoms with van der Waals surface area (Å²) in [5.74, 6) is 0.785. The number of hydrogen-bond acceptors (Lipinski definition) is 4. The highest BCUT2D eigenvalue weighted by Gasteiger charge is 2.27. The maximum absolute atomic E-state index is 12.7. The van der Waals surface area contributed by atoms with E-state index in [2.05, 4.69) is 11.9 Å². The van der Waals surface area contributed by atoms with Crippen LogP contribution in [-0.4, -0.2) is 28.4 Å². The van der Waals surface area contributed by atoms with Crippen LogP contribution in [0.25, 0.3) is 10.8 Å². The molecule has 2 aromatic heterocycles. The zero-order valence-electron chi connectivity index (χ0n) is 11.8. The molecule has 0 unspecified atom stereocenters. The van der Waals surface area contributed by atoms with Gasteiger partial charge in [-0.15, -0.1) is 11.3 Å². The number of carbonyl (C=O) groups is 1. The second kappa shape index (κ2) is 5.40. The van der Waals surface area contributed by atoms with Crippen LogP contribution >= 0.6 is 11.3 Å². The Labute approximate surface area is 122 Å². The van der Waals surface area contributed by atoms with Crippen LogP contribution in [0.15, 0.2) is 22.8 Å². The standard InChI is InChI=1S/C15H18N2O2S/c1-10-6-3-4-8-17(10)15(18)13-11(2)20-14(16-13)12-7-5-9-19-12/h5,7,9-10H,3-4,6,8H2,1-2H3/t10-/m0/s1. The van der Waals surface area contributed by atoms with Gasteiger partial charge in [0.25, 0.3) is 5.91 Å². The lowest BCUT2D eigenvalue weighted by atomic mass is 10.0. The van der Waals surface area contributed by atoms with E-state index in [1.807, 2.05) is 24.0 Å². The van der Waals surface area contributed by atoms with Crippen molar-refractivity contribution in [2.45, 2.75) is 39.2 Å². The second-order valence-corrected chi connectivity index (χ2v) is 6.45. The first-order chi connectivity index (χ1) is 9.66. The molecule has 1 aliphatic heterocycles. The summed E-state index contributed by atoms with van der Waals surface area (Å²) < 4.78 is 5.36. The largest absolute Gasteiger partial charge is 0.462 e. The fourth-order valence-corrected chi connectivity index (χ4v) is 3.51. The van der Waals surface area contributed by atoms with Crippen molar-refractivity contribution in [2.75, 3.05) is 6.54 Å².